The van der Waals surface area contributed by atoms with Crippen LogP contribution in [0.5, 0.6) is 5.75 Å². The van der Waals surface area contributed by atoms with Gasteiger partial charge in [-0.1, -0.05) is 25.1 Å². The largest absolute Gasteiger partial charge is 0.486 e. The number of benzene rings is 2. The molecular formula is C19H21NO4S. The Kier molecular flexibility index (Phi) is 4.81. The van der Waals surface area contributed by atoms with E-state index in [0.717, 1.165) is 24.0 Å². The molecular weight excluding hydrogens is 338 g/mol. The van der Waals surface area contributed by atoms with E-state index in [2.05, 4.69) is 6.92 Å². The Morgan fingerprint density at radius 1 is 1.12 bits per heavy atom. The van der Waals surface area contributed by atoms with E-state index in [0.29, 0.717) is 18.7 Å². The van der Waals surface area contributed by atoms with Gasteiger partial charge in [0.15, 0.2) is 9.84 Å². The van der Waals surface area contributed by atoms with Crippen molar-refractivity contribution < 1.29 is 17.9 Å². The number of ether oxygens (including phenoxy) is 1. The van der Waals surface area contributed by atoms with Crippen LogP contribution in [0.1, 0.15) is 22.8 Å². The molecule has 5 nitrogen and oxygen atoms in total. The van der Waals surface area contributed by atoms with E-state index in [1.54, 1.807) is 17.0 Å². The molecule has 3 rings (SSSR count). The number of likely N-dealkylation sites (tertiary alicyclic amines) is 1. The fourth-order valence-corrected chi connectivity index (χ4v) is 3.43. The Morgan fingerprint density at radius 2 is 1.76 bits per heavy atom. The number of sulfone groups is 1. The Bertz CT molecular complexity index is 869. The van der Waals surface area contributed by atoms with Crippen molar-refractivity contribution in [3.8, 4) is 5.75 Å². The summed E-state index contributed by atoms with van der Waals surface area (Å²) in [6.07, 6.45) is 2.04. The quantitative estimate of drug-likeness (QED) is 0.823. The minimum Gasteiger partial charge on any atom is -0.486 e. The predicted molar refractivity (Wildman–Crippen MR) is 95.7 cm³/mol. The van der Waals surface area contributed by atoms with Crippen LogP contribution in [0.25, 0.3) is 0 Å². The van der Waals surface area contributed by atoms with Gasteiger partial charge in [0.25, 0.3) is 5.91 Å². The maximum atomic E-state index is 12.4. The van der Waals surface area contributed by atoms with Crippen molar-refractivity contribution in [1.82, 2.24) is 4.90 Å². The van der Waals surface area contributed by atoms with Gasteiger partial charge in [0.2, 0.25) is 0 Å². The van der Waals surface area contributed by atoms with Crippen molar-refractivity contribution in [2.24, 2.45) is 0 Å². The van der Waals surface area contributed by atoms with Crippen molar-refractivity contribution in [1.29, 1.82) is 0 Å². The zero-order valence-corrected chi connectivity index (χ0v) is 15.1. The lowest BCUT2D eigenvalue weighted by Gasteiger charge is -2.39. The zero-order valence-electron chi connectivity index (χ0n) is 14.3. The third-order valence-electron chi connectivity index (χ3n) is 4.31. The number of amides is 1. The summed E-state index contributed by atoms with van der Waals surface area (Å²) < 4.78 is 28.9. The molecule has 1 saturated heterocycles. The van der Waals surface area contributed by atoms with Crippen LogP contribution in [-0.2, 0) is 16.3 Å². The van der Waals surface area contributed by atoms with Gasteiger partial charge in [0.05, 0.1) is 18.0 Å². The molecule has 25 heavy (non-hydrogen) atoms. The molecule has 6 heteroatoms. The molecule has 0 saturated carbocycles. The third kappa shape index (κ3) is 3.85. The van der Waals surface area contributed by atoms with Gasteiger partial charge < -0.3 is 9.64 Å². The van der Waals surface area contributed by atoms with Gasteiger partial charge in [-0.25, -0.2) is 8.42 Å². The van der Waals surface area contributed by atoms with E-state index in [1.165, 1.54) is 12.1 Å². The van der Waals surface area contributed by atoms with Crippen LogP contribution in [0.3, 0.4) is 0 Å². The number of hydrogen-bond acceptors (Lipinski definition) is 4. The van der Waals surface area contributed by atoms with Gasteiger partial charge in [-0.3, -0.25) is 4.79 Å². The van der Waals surface area contributed by atoms with Crippen LogP contribution >= 0.6 is 0 Å². The number of para-hydroxylation sites is 1. The lowest BCUT2D eigenvalue weighted by molar-refractivity contribution is 0.0174. The first kappa shape index (κ1) is 17.5. The standard InChI is InChI=1S/C19H21NO4S/c1-3-14-6-4-5-7-18(14)24-16-12-20(13-16)19(21)15-8-10-17(11-9-15)25(2,22)23/h4-11,16H,3,12-13H2,1-2H3. The van der Waals surface area contributed by atoms with E-state index >= 15 is 0 Å². The summed E-state index contributed by atoms with van der Waals surface area (Å²) >= 11 is 0. The molecule has 0 spiro atoms. The van der Waals surface area contributed by atoms with Gasteiger partial charge >= 0.3 is 0 Å². The van der Waals surface area contributed by atoms with Crippen molar-refractivity contribution >= 4 is 15.7 Å². The molecule has 1 fully saturated rings. The molecule has 0 atom stereocenters. The second-order valence-corrected chi connectivity index (χ2v) is 8.22. The third-order valence-corrected chi connectivity index (χ3v) is 5.44. The van der Waals surface area contributed by atoms with Gasteiger partial charge in [-0.2, -0.15) is 0 Å². The molecule has 1 aliphatic rings. The summed E-state index contributed by atoms with van der Waals surface area (Å²) in [5.41, 5.74) is 1.64. The van der Waals surface area contributed by atoms with Crippen molar-refractivity contribution in [2.75, 3.05) is 19.3 Å². The summed E-state index contributed by atoms with van der Waals surface area (Å²) in [6.45, 7) is 3.15. The first-order valence-electron chi connectivity index (χ1n) is 8.22. The normalized spacial score (nSPS) is 14.9. The second-order valence-electron chi connectivity index (χ2n) is 6.21. The smallest absolute Gasteiger partial charge is 0.254 e. The highest BCUT2D eigenvalue weighted by atomic mass is 32.2. The van der Waals surface area contributed by atoms with Crippen LogP contribution in [0, 0.1) is 0 Å². The average molecular weight is 359 g/mol. The summed E-state index contributed by atoms with van der Waals surface area (Å²) in [5, 5.41) is 0. The van der Waals surface area contributed by atoms with Crippen molar-refractivity contribution in [3.05, 3.63) is 59.7 Å². The molecule has 0 unspecified atom stereocenters. The van der Waals surface area contributed by atoms with Gasteiger partial charge in [-0.05, 0) is 42.3 Å². The Morgan fingerprint density at radius 3 is 2.36 bits per heavy atom. The van der Waals surface area contributed by atoms with Gasteiger partial charge in [0.1, 0.15) is 11.9 Å². The van der Waals surface area contributed by atoms with E-state index < -0.39 is 9.84 Å². The molecule has 1 amide bonds. The summed E-state index contributed by atoms with van der Waals surface area (Å²) in [7, 11) is -3.25. The number of carbonyl (C=O) groups excluding carboxylic acids is 1. The molecule has 0 N–H and O–H groups in total. The fraction of sp³-hybridized carbons (Fsp3) is 0.316. The van der Waals surface area contributed by atoms with Crippen LogP contribution in [0.15, 0.2) is 53.4 Å². The number of hydrogen-bond donors (Lipinski definition) is 0. The Labute approximate surface area is 148 Å². The molecule has 0 radical (unpaired) electrons. The monoisotopic (exact) mass is 359 g/mol. The molecule has 1 aliphatic heterocycles. The van der Waals surface area contributed by atoms with E-state index in [9.17, 15) is 13.2 Å². The molecule has 2 aromatic carbocycles. The molecule has 0 bridgehead atoms. The lowest BCUT2D eigenvalue weighted by atomic mass is 10.1. The maximum absolute atomic E-state index is 12.4. The average Bonchev–Trinajstić information content (AvgIpc) is 2.57. The second kappa shape index (κ2) is 6.88. The predicted octanol–water partition coefficient (Wildman–Crippen LogP) is 2.56. The summed E-state index contributed by atoms with van der Waals surface area (Å²) in [5.74, 6) is 0.767. The van der Waals surface area contributed by atoms with Crippen LogP contribution in [0.2, 0.25) is 0 Å². The van der Waals surface area contributed by atoms with Crippen LogP contribution in [0.4, 0.5) is 0 Å². The SMILES string of the molecule is CCc1ccccc1OC1CN(C(=O)c2ccc(S(C)(=O)=O)cc2)C1. The first-order valence-corrected chi connectivity index (χ1v) is 10.1. The highest BCUT2D eigenvalue weighted by Crippen LogP contribution is 2.24. The molecule has 0 aromatic heterocycles. The Hall–Kier alpha value is -2.34. The lowest BCUT2D eigenvalue weighted by Crippen LogP contribution is -2.56. The number of rotatable bonds is 5. The highest BCUT2D eigenvalue weighted by Gasteiger charge is 2.33. The van der Waals surface area contributed by atoms with Crippen molar-refractivity contribution in [2.45, 2.75) is 24.3 Å². The molecule has 0 aliphatic carbocycles. The molecule has 2 aromatic rings. The topological polar surface area (TPSA) is 63.7 Å². The minimum absolute atomic E-state index is 0.00746. The highest BCUT2D eigenvalue weighted by molar-refractivity contribution is 7.90. The number of carbonyl (C=O) groups is 1. The van der Waals surface area contributed by atoms with Gasteiger partial charge in [0, 0.05) is 11.8 Å². The first-order chi connectivity index (χ1) is 11.9. The van der Waals surface area contributed by atoms with Gasteiger partial charge in [-0.15, -0.1) is 0 Å². The van der Waals surface area contributed by atoms with Crippen LogP contribution < -0.4 is 4.74 Å². The summed E-state index contributed by atoms with van der Waals surface area (Å²) in [6, 6.07) is 14.0. The van der Waals surface area contributed by atoms with Crippen LogP contribution in [-0.4, -0.2) is 44.7 Å². The van der Waals surface area contributed by atoms with E-state index in [1.807, 2.05) is 24.3 Å². The number of nitrogens with zero attached hydrogens (tertiary/aromatic N) is 1. The molecule has 132 valence electrons. The zero-order chi connectivity index (χ0) is 18.0. The summed E-state index contributed by atoms with van der Waals surface area (Å²) in [4.78, 5) is 14.3. The molecule has 1 heterocycles. The van der Waals surface area contributed by atoms with E-state index in [-0.39, 0.29) is 16.9 Å². The van der Waals surface area contributed by atoms with E-state index in [4.69, 9.17) is 4.74 Å². The minimum atomic E-state index is -3.25. The Balaban J connectivity index is 1.60. The fourth-order valence-electron chi connectivity index (χ4n) is 2.80. The van der Waals surface area contributed by atoms with Crippen molar-refractivity contribution in [3.63, 3.8) is 0 Å². The number of aryl methyl sites for hydroxylation is 1. The maximum Gasteiger partial charge on any atom is 0.254 e.